The zero-order valence-electron chi connectivity index (χ0n) is 28.9. The summed E-state index contributed by atoms with van der Waals surface area (Å²) in [5.74, 6) is -0.289. The first kappa shape index (κ1) is 33.5. The van der Waals surface area contributed by atoms with Crippen LogP contribution in [0.3, 0.4) is 0 Å². The molecule has 2 unspecified atom stereocenters. The maximum Gasteiger partial charge on any atom is 0.337 e. The quantitative estimate of drug-likeness (QED) is 0.237. The number of ether oxygens (including phenoxy) is 3. The molecular weight excluding hydrogens is 604 g/mol. The average molecular weight is 651 g/mol. The minimum atomic E-state index is -1.16. The molecule has 2 atom stereocenters. The molecule has 48 heavy (non-hydrogen) atoms. The number of hydrogen-bond acceptors (Lipinski definition) is 7. The monoisotopic (exact) mass is 650 g/mol. The van der Waals surface area contributed by atoms with Crippen LogP contribution in [0.25, 0.3) is 27.9 Å². The Bertz CT molecular complexity index is 1860. The fraction of sp³-hybridized carbons (Fsp3) is 0.462. The summed E-state index contributed by atoms with van der Waals surface area (Å²) in [4.78, 5) is 15.2. The number of carboxylic acids is 1. The number of fused-ring (bicyclic) bond motifs is 8. The number of nitrogens with zero attached hydrogens (tertiary/aromatic N) is 4. The third-order valence-corrected chi connectivity index (χ3v) is 9.43. The molecule has 0 saturated carbocycles. The van der Waals surface area contributed by atoms with E-state index >= 15 is 0 Å². The van der Waals surface area contributed by atoms with E-state index in [1.807, 2.05) is 74.8 Å². The lowest BCUT2D eigenvalue weighted by Crippen LogP contribution is -2.45. The van der Waals surface area contributed by atoms with Gasteiger partial charge in [-0.15, -0.1) is 0 Å². The number of benzene rings is 2. The van der Waals surface area contributed by atoms with Gasteiger partial charge in [-0.1, -0.05) is 18.2 Å². The summed E-state index contributed by atoms with van der Waals surface area (Å²) in [7, 11) is 0. The van der Waals surface area contributed by atoms with Crippen LogP contribution in [0.2, 0.25) is 0 Å². The third kappa shape index (κ3) is 7.06. The van der Waals surface area contributed by atoms with Gasteiger partial charge in [-0.2, -0.15) is 10.4 Å². The summed E-state index contributed by atoms with van der Waals surface area (Å²) in [5, 5.41) is 25.3. The fourth-order valence-electron chi connectivity index (χ4n) is 6.89. The Balaban J connectivity index is 1.54. The normalized spacial score (nSPS) is 20.9. The molecular formula is C39H46N4O5. The molecule has 0 spiro atoms. The first-order valence-corrected chi connectivity index (χ1v) is 17.0. The molecule has 252 valence electrons. The Labute approximate surface area is 283 Å². The second-order valence-corrected chi connectivity index (χ2v) is 14.5. The van der Waals surface area contributed by atoms with E-state index in [1.54, 1.807) is 6.07 Å². The minimum absolute atomic E-state index is 0.00419. The van der Waals surface area contributed by atoms with Crippen LogP contribution in [0, 0.1) is 18.3 Å². The van der Waals surface area contributed by atoms with Gasteiger partial charge in [-0.25, -0.2) is 9.31 Å². The molecule has 3 aliphatic rings. The number of carbonyl (C=O) groups is 1. The number of carboxylic acid groups (broad SMARTS) is 1. The second kappa shape index (κ2) is 13.3. The molecule has 1 fully saturated rings. The summed E-state index contributed by atoms with van der Waals surface area (Å²) in [6.45, 7) is 14.0. The second-order valence-electron chi connectivity index (χ2n) is 14.5. The molecule has 0 radical (unpaired) electrons. The van der Waals surface area contributed by atoms with Gasteiger partial charge in [0.05, 0.1) is 45.8 Å². The highest BCUT2D eigenvalue weighted by atomic mass is 16.5. The number of nitriles is 1. The highest BCUT2D eigenvalue weighted by Gasteiger charge is 2.37. The number of rotatable bonds is 3. The van der Waals surface area contributed by atoms with Gasteiger partial charge in [0.25, 0.3) is 0 Å². The number of pyridine rings is 1. The lowest BCUT2D eigenvalue weighted by atomic mass is 9.91. The Kier molecular flexibility index (Phi) is 9.25. The Morgan fingerprint density at radius 3 is 2.58 bits per heavy atom. The van der Waals surface area contributed by atoms with Crippen LogP contribution in [0.1, 0.15) is 89.5 Å². The largest absolute Gasteiger partial charge is 0.490 e. The number of aryl methyl sites for hydroxylation is 1. The molecule has 1 N–H and O–H groups in total. The van der Waals surface area contributed by atoms with E-state index < -0.39 is 17.7 Å². The Hall–Kier alpha value is -4.39. The highest BCUT2D eigenvalue weighted by Crippen LogP contribution is 2.42. The molecule has 7 rings (SSSR count). The maximum atomic E-state index is 12.9. The first-order valence-electron chi connectivity index (χ1n) is 17.0. The van der Waals surface area contributed by atoms with Gasteiger partial charge in [0.2, 0.25) is 0 Å². The SMILES string of the molecule is Cc1cn2nc3cc2c(c1C(OC(C)(C)C)C(=O)O)N1CCC(C)(CC1)OCCCCC(C)Oc1ccc(C#N)cc1-c1cccc-3c1. The molecule has 0 aliphatic carbocycles. The van der Waals surface area contributed by atoms with E-state index in [-0.39, 0.29) is 11.7 Å². The predicted octanol–water partition coefficient (Wildman–Crippen LogP) is 8.12. The van der Waals surface area contributed by atoms with E-state index in [1.165, 1.54) is 0 Å². The van der Waals surface area contributed by atoms with Gasteiger partial charge in [-0.3, -0.25) is 0 Å². The van der Waals surface area contributed by atoms with Crippen molar-refractivity contribution in [3.63, 3.8) is 0 Å². The van der Waals surface area contributed by atoms with Crippen molar-refractivity contribution in [3.05, 3.63) is 71.4 Å². The van der Waals surface area contributed by atoms with Gasteiger partial charge < -0.3 is 24.2 Å². The maximum absolute atomic E-state index is 12.9. The van der Waals surface area contributed by atoms with Gasteiger partial charge >= 0.3 is 5.97 Å². The van der Waals surface area contributed by atoms with Crippen LogP contribution in [0.4, 0.5) is 5.69 Å². The van der Waals surface area contributed by atoms with E-state index in [4.69, 9.17) is 19.3 Å². The van der Waals surface area contributed by atoms with Crippen LogP contribution in [-0.2, 0) is 14.3 Å². The Morgan fingerprint density at radius 2 is 1.88 bits per heavy atom. The predicted molar refractivity (Wildman–Crippen MR) is 186 cm³/mol. The van der Waals surface area contributed by atoms with E-state index in [0.717, 1.165) is 77.0 Å². The summed E-state index contributed by atoms with van der Waals surface area (Å²) in [6, 6.07) is 18.0. The lowest BCUT2D eigenvalue weighted by molar-refractivity contribution is -0.160. The number of anilines is 1. The van der Waals surface area contributed by atoms with Gasteiger partial charge in [-0.05, 0) is 115 Å². The van der Waals surface area contributed by atoms with Gasteiger partial charge in [0.1, 0.15) is 5.75 Å². The molecule has 0 amide bonds. The smallest absolute Gasteiger partial charge is 0.337 e. The van der Waals surface area contributed by atoms with Gasteiger partial charge in [0, 0.05) is 42.6 Å². The van der Waals surface area contributed by atoms with Crippen molar-refractivity contribution in [1.82, 2.24) is 9.61 Å². The average Bonchev–Trinajstić information content (AvgIpc) is 3.46. The van der Waals surface area contributed by atoms with Crippen molar-refractivity contribution >= 4 is 17.2 Å². The van der Waals surface area contributed by atoms with Crippen molar-refractivity contribution in [2.75, 3.05) is 24.6 Å². The van der Waals surface area contributed by atoms with Crippen LogP contribution >= 0.6 is 0 Å². The first-order chi connectivity index (χ1) is 22.8. The number of aromatic nitrogens is 2. The highest BCUT2D eigenvalue weighted by molar-refractivity contribution is 5.87. The number of piperidine rings is 1. The molecule has 4 aromatic rings. The Morgan fingerprint density at radius 1 is 1.12 bits per heavy atom. The summed E-state index contributed by atoms with van der Waals surface area (Å²) in [5.41, 5.74) is 6.15. The zero-order valence-corrected chi connectivity index (χ0v) is 28.9. The van der Waals surface area contributed by atoms with Crippen molar-refractivity contribution in [3.8, 4) is 34.2 Å². The zero-order chi connectivity index (χ0) is 34.2. The molecule has 5 heterocycles. The van der Waals surface area contributed by atoms with Crippen molar-refractivity contribution in [2.45, 2.75) is 97.1 Å². The molecule has 9 heteroatoms. The number of hydrogen-bond donors (Lipinski definition) is 1. The third-order valence-electron chi connectivity index (χ3n) is 9.43. The molecule has 1 saturated heterocycles. The molecule has 9 nitrogen and oxygen atoms in total. The van der Waals surface area contributed by atoms with Crippen LogP contribution in [0.15, 0.2) is 54.7 Å². The summed E-state index contributed by atoms with van der Waals surface area (Å²) < 4.78 is 21.1. The van der Waals surface area contributed by atoms with Crippen molar-refractivity contribution in [2.24, 2.45) is 0 Å². The number of aliphatic carboxylic acids is 1. The lowest BCUT2D eigenvalue weighted by Gasteiger charge is -2.42. The van der Waals surface area contributed by atoms with Gasteiger partial charge in [0.15, 0.2) is 6.10 Å². The summed E-state index contributed by atoms with van der Waals surface area (Å²) >= 11 is 0. The topological polar surface area (TPSA) is 109 Å². The molecule has 2 aromatic carbocycles. The molecule has 3 aliphatic heterocycles. The van der Waals surface area contributed by atoms with Crippen molar-refractivity contribution in [1.29, 1.82) is 5.26 Å². The van der Waals surface area contributed by atoms with E-state index in [0.29, 0.717) is 30.8 Å². The van der Waals surface area contributed by atoms with Crippen LogP contribution < -0.4 is 9.64 Å². The van der Waals surface area contributed by atoms with Crippen LogP contribution in [0.5, 0.6) is 5.75 Å². The fourth-order valence-corrected chi connectivity index (χ4v) is 6.89. The summed E-state index contributed by atoms with van der Waals surface area (Å²) in [6.07, 6.45) is 5.16. The minimum Gasteiger partial charge on any atom is -0.490 e. The standard InChI is InChI=1S/C39H46N4O5/c1-25-24-43-32-22-31(41-43)29-12-9-11-28(21-29)30-20-27(23-40)13-14-33(30)47-26(2)10-7-8-19-46-39(6)15-17-42(18-16-39)35(32)34(25)36(37(44)45)48-38(3,4)5/h9,11-14,20-22,24,26,36H,7-8,10,15-19H2,1-6H3,(H,44,45). The van der Waals surface area contributed by atoms with Crippen LogP contribution in [-0.4, -0.2) is 57.7 Å². The van der Waals surface area contributed by atoms with E-state index in [9.17, 15) is 15.2 Å². The van der Waals surface area contributed by atoms with Crippen molar-refractivity contribution < 1.29 is 24.1 Å². The van der Waals surface area contributed by atoms with E-state index in [2.05, 4.69) is 30.9 Å². The molecule has 6 bridgehead atoms. The molecule has 2 aromatic heterocycles.